The van der Waals surface area contributed by atoms with Crippen LogP contribution < -0.4 is 14.9 Å². The number of benzene rings is 1. The van der Waals surface area contributed by atoms with Crippen LogP contribution in [0.15, 0.2) is 23.1 Å². The van der Waals surface area contributed by atoms with Crippen molar-refractivity contribution < 1.29 is 13.2 Å². The van der Waals surface area contributed by atoms with E-state index in [1.54, 1.807) is 18.2 Å². The number of rotatable bonds is 4. The first-order valence-electron chi connectivity index (χ1n) is 9.09. The van der Waals surface area contributed by atoms with Crippen LogP contribution in [0.3, 0.4) is 0 Å². The van der Waals surface area contributed by atoms with Crippen molar-refractivity contribution >= 4 is 34.0 Å². The molecule has 0 aliphatic carbocycles. The molecule has 26 heavy (non-hydrogen) atoms. The molecule has 0 saturated carbocycles. The van der Waals surface area contributed by atoms with E-state index in [9.17, 15) is 13.2 Å². The Morgan fingerprint density at radius 2 is 1.96 bits per heavy atom. The van der Waals surface area contributed by atoms with Gasteiger partial charge in [-0.2, -0.15) is 0 Å². The summed E-state index contributed by atoms with van der Waals surface area (Å²) in [5.74, 6) is 0.647. The maximum absolute atomic E-state index is 12.8. The third-order valence-corrected chi connectivity index (χ3v) is 7.27. The highest BCUT2D eigenvalue weighted by Crippen LogP contribution is 2.35. The van der Waals surface area contributed by atoms with Crippen LogP contribution in [-0.4, -0.2) is 40.0 Å². The number of anilines is 1. The summed E-state index contributed by atoms with van der Waals surface area (Å²) >= 11 is 0. The van der Waals surface area contributed by atoms with Crippen molar-refractivity contribution in [3.63, 3.8) is 0 Å². The van der Waals surface area contributed by atoms with Crippen LogP contribution in [0.1, 0.15) is 37.7 Å². The summed E-state index contributed by atoms with van der Waals surface area (Å²) in [6.07, 6.45) is 6.00. The average molecular weight is 400 g/mol. The number of amides is 1. The molecule has 2 unspecified atom stereocenters. The molecule has 2 bridgehead atoms. The molecule has 3 heterocycles. The van der Waals surface area contributed by atoms with Gasteiger partial charge in [-0.05, 0) is 68.8 Å². The van der Waals surface area contributed by atoms with Gasteiger partial charge in [0.2, 0.25) is 15.9 Å². The van der Waals surface area contributed by atoms with Gasteiger partial charge >= 0.3 is 0 Å². The Kier molecular flexibility index (Phi) is 5.63. The maximum Gasteiger partial charge on any atom is 0.240 e. The van der Waals surface area contributed by atoms with E-state index in [0.717, 1.165) is 24.1 Å². The number of piperidine rings is 1. The van der Waals surface area contributed by atoms with E-state index in [1.807, 2.05) is 4.90 Å². The topological polar surface area (TPSA) is 78.5 Å². The second-order valence-electron chi connectivity index (χ2n) is 7.47. The van der Waals surface area contributed by atoms with Crippen LogP contribution in [0.4, 0.5) is 5.69 Å². The minimum absolute atomic E-state index is 0. The summed E-state index contributed by atoms with van der Waals surface area (Å²) in [5.41, 5.74) is 1.81. The number of hydrogen-bond donors (Lipinski definition) is 2. The van der Waals surface area contributed by atoms with Gasteiger partial charge in [-0.3, -0.25) is 4.79 Å². The number of nitrogens with zero attached hydrogens (tertiary/aromatic N) is 1. The molecule has 3 aliphatic rings. The predicted molar refractivity (Wildman–Crippen MR) is 103 cm³/mol. The highest BCUT2D eigenvalue weighted by molar-refractivity contribution is 7.89. The molecule has 1 aromatic carbocycles. The van der Waals surface area contributed by atoms with Crippen LogP contribution in [0.5, 0.6) is 0 Å². The molecule has 2 saturated heterocycles. The first-order valence-corrected chi connectivity index (χ1v) is 10.6. The highest BCUT2D eigenvalue weighted by Gasteiger charge is 2.35. The number of carbonyl (C=O) groups excluding carboxylic acids is 1. The Morgan fingerprint density at radius 1 is 1.27 bits per heavy atom. The molecule has 1 aromatic rings. The van der Waals surface area contributed by atoms with Crippen LogP contribution in [-0.2, 0) is 21.2 Å². The van der Waals surface area contributed by atoms with E-state index in [2.05, 4.69) is 10.0 Å². The molecule has 6 nitrogen and oxygen atoms in total. The van der Waals surface area contributed by atoms with Gasteiger partial charge in [-0.15, -0.1) is 12.4 Å². The highest BCUT2D eigenvalue weighted by atomic mass is 35.5. The molecule has 0 spiro atoms. The van der Waals surface area contributed by atoms with Gasteiger partial charge < -0.3 is 10.2 Å². The number of hydrogen-bond acceptors (Lipinski definition) is 4. The van der Waals surface area contributed by atoms with E-state index in [0.29, 0.717) is 37.4 Å². The fourth-order valence-electron chi connectivity index (χ4n) is 4.62. The molecule has 3 aliphatic heterocycles. The third-order valence-electron chi connectivity index (χ3n) is 5.86. The van der Waals surface area contributed by atoms with Crippen molar-refractivity contribution in [3.8, 4) is 0 Å². The van der Waals surface area contributed by atoms with Crippen molar-refractivity contribution in [1.82, 2.24) is 10.0 Å². The minimum Gasteiger partial charge on any atom is -0.312 e. The normalized spacial score (nSPS) is 27.1. The van der Waals surface area contributed by atoms with Crippen molar-refractivity contribution in [2.24, 2.45) is 5.92 Å². The fraction of sp³-hybridized carbons (Fsp3) is 0.611. The van der Waals surface area contributed by atoms with E-state index >= 15 is 0 Å². The SMILES string of the molecule is CNS(=O)(=O)c1ccc2c(c1)CCN2C(=O)CC1CC2CCC(C1)N2.Cl. The van der Waals surface area contributed by atoms with Crippen LogP contribution in [0.25, 0.3) is 0 Å². The zero-order valence-electron chi connectivity index (χ0n) is 14.9. The quantitative estimate of drug-likeness (QED) is 0.809. The van der Waals surface area contributed by atoms with Crippen molar-refractivity contribution in [2.75, 3.05) is 18.5 Å². The zero-order valence-corrected chi connectivity index (χ0v) is 16.5. The van der Waals surface area contributed by atoms with E-state index in [1.165, 1.54) is 19.9 Å². The van der Waals surface area contributed by atoms with Gasteiger partial charge in [-0.1, -0.05) is 0 Å². The lowest BCUT2D eigenvalue weighted by molar-refractivity contribution is -0.119. The largest absolute Gasteiger partial charge is 0.312 e. The molecule has 0 aromatic heterocycles. The second-order valence-corrected chi connectivity index (χ2v) is 9.36. The van der Waals surface area contributed by atoms with Gasteiger partial charge in [0.05, 0.1) is 4.90 Å². The lowest BCUT2D eigenvalue weighted by Gasteiger charge is -2.30. The number of fused-ring (bicyclic) bond motifs is 3. The second kappa shape index (κ2) is 7.46. The monoisotopic (exact) mass is 399 g/mol. The summed E-state index contributed by atoms with van der Waals surface area (Å²) in [6, 6.07) is 6.24. The average Bonchev–Trinajstić information content (AvgIpc) is 3.17. The molecule has 2 N–H and O–H groups in total. The van der Waals surface area contributed by atoms with Crippen LogP contribution in [0, 0.1) is 5.92 Å². The third kappa shape index (κ3) is 3.63. The summed E-state index contributed by atoms with van der Waals surface area (Å²) < 4.78 is 26.2. The van der Waals surface area contributed by atoms with E-state index < -0.39 is 10.0 Å². The summed E-state index contributed by atoms with van der Waals surface area (Å²) in [7, 11) is -2.04. The van der Waals surface area contributed by atoms with Gasteiger partial charge in [0.1, 0.15) is 0 Å². The summed E-state index contributed by atoms with van der Waals surface area (Å²) in [6.45, 7) is 0.648. The Morgan fingerprint density at radius 3 is 2.62 bits per heavy atom. The Hall–Kier alpha value is -1.15. The lowest BCUT2D eigenvalue weighted by Crippen LogP contribution is -2.40. The van der Waals surface area contributed by atoms with E-state index in [4.69, 9.17) is 0 Å². The number of carbonyl (C=O) groups is 1. The minimum atomic E-state index is -3.45. The van der Waals surface area contributed by atoms with Crippen molar-refractivity contribution in [1.29, 1.82) is 0 Å². The van der Waals surface area contributed by atoms with Crippen LogP contribution >= 0.6 is 12.4 Å². The first kappa shape index (κ1) is 19.6. The summed E-state index contributed by atoms with van der Waals surface area (Å²) in [5, 5.41) is 3.62. The Bertz CT molecular complexity index is 787. The molecule has 0 radical (unpaired) electrons. The molecule has 1 amide bonds. The standard InChI is InChI=1S/C18H25N3O3S.ClH/c1-19-25(23,24)16-4-5-17-13(11-16)6-7-21(17)18(22)10-12-8-14-2-3-15(9-12)20-14;/h4-5,11-12,14-15,19-20H,2-3,6-10H2,1H3;1H. The Balaban J connectivity index is 0.00000196. The van der Waals surface area contributed by atoms with Gasteiger partial charge in [0, 0.05) is 30.7 Å². The molecular weight excluding hydrogens is 374 g/mol. The fourth-order valence-corrected chi connectivity index (χ4v) is 5.40. The molecular formula is C18H26ClN3O3S. The number of sulfonamides is 1. The van der Waals surface area contributed by atoms with Gasteiger partial charge in [-0.25, -0.2) is 13.1 Å². The molecule has 4 rings (SSSR count). The molecule has 2 fully saturated rings. The van der Waals surface area contributed by atoms with Gasteiger partial charge in [0.25, 0.3) is 0 Å². The Labute approximate surface area is 161 Å². The first-order chi connectivity index (χ1) is 12.0. The maximum atomic E-state index is 12.8. The van der Waals surface area contributed by atoms with Crippen LogP contribution in [0.2, 0.25) is 0 Å². The van der Waals surface area contributed by atoms with Crippen molar-refractivity contribution in [3.05, 3.63) is 23.8 Å². The molecule has 8 heteroatoms. The lowest BCUT2D eigenvalue weighted by atomic mass is 9.89. The molecule has 2 atom stereocenters. The smallest absolute Gasteiger partial charge is 0.240 e. The number of halogens is 1. The van der Waals surface area contributed by atoms with E-state index in [-0.39, 0.29) is 23.2 Å². The van der Waals surface area contributed by atoms with Gasteiger partial charge in [0.15, 0.2) is 0 Å². The van der Waals surface area contributed by atoms with Crippen molar-refractivity contribution in [2.45, 2.75) is 55.5 Å². The predicted octanol–water partition coefficient (Wildman–Crippen LogP) is 1.83. The summed E-state index contributed by atoms with van der Waals surface area (Å²) in [4.78, 5) is 14.9. The number of nitrogens with one attached hydrogen (secondary N) is 2. The zero-order chi connectivity index (χ0) is 17.6. The molecule has 144 valence electrons.